The summed E-state index contributed by atoms with van der Waals surface area (Å²) in [4.78, 5) is 22.3. The molecule has 0 aliphatic carbocycles. The summed E-state index contributed by atoms with van der Waals surface area (Å²) < 4.78 is 0. The molecule has 5 heteroatoms. The number of halogens is 1. The van der Waals surface area contributed by atoms with Crippen LogP contribution in [0.2, 0.25) is 5.02 Å². The topological polar surface area (TPSA) is 66.4 Å². The minimum Gasteiger partial charge on any atom is -0.481 e. The first-order valence-electron chi connectivity index (χ1n) is 6.62. The van der Waals surface area contributed by atoms with E-state index in [1.54, 1.807) is 6.92 Å². The van der Waals surface area contributed by atoms with Crippen LogP contribution in [0.4, 0.5) is 0 Å². The van der Waals surface area contributed by atoms with Crippen molar-refractivity contribution in [2.75, 3.05) is 0 Å². The summed E-state index contributed by atoms with van der Waals surface area (Å²) in [6.45, 7) is 3.68. The van der Waals surface area contributed by atoms with E-state index >= 15 is 0 Å². The first-order chi connectivity index (χ1) is 9.36. The van der Waals surface area contributed by atoms with Gasteiger partial charge in [0.15, 0.2) is 0 Å². The van der Waals surface area contributed by atoms with Gasteiger partial charge in [-0.3, -0.25) is 9.59 Å². The molecule has 110 valence electrons. The Morgan fingerprint density at radius 3 is 2.60 bits per heavy atom. The number of aliphatic carboxylic acids is 1. The van der Waals surface area contributed by atoms with Crippen molar-refractivity contribution in [1.82, 2.24) is 5.32 Å². The predicted octanol–water partition coefficient (Wildman–Crippen LogP) is 2.89. The highest BCUT2D eigenvalue weighted by atomic mass is 35.5. The predicted molar refractivity (Wildman–Crippen MR) is 78.8 cm³/mol. The molecule has 0 aliphatic heterocycles. The van der Waals surface area contributed by atoms with Gasteiger partial charge < -0.3 is 10.4 Å². The van der Waals surface area contributed by atoms with Gasteiger partial charge in [0.25, 0.3) is 0 Å². The van der Waals surface area contributed by atoms with Crippen molar-refractivity contribution < 1.29 is 14.7 Å². The van der Waals surface area contributed by atoms with Crippen LogP contribution in [0.15, 0.2) is 24.3 Å². The molecule has 0 fully saturated rings. The molecule has 20 heavy (non-hydrogen) atoms. The Labute approximate surface area is 124 Å². The van der Waals surface area contributed by atoms with E-state index in [9.17, 15) is 9.59 Å². The number of rotatable bonds is 7. The number of hydrogen-bond acceptors (Lipinski definition) is 2. The molecule has 0 spiro atoms. The molecule has 2 N–H and O–H groups in total. The highest BCUT2D eigenvalue weighted by molar-refractivity contribution is 6.30. The molecule has 0 aromatic heterocycles. The van der Waals surface area contributed by atoms with Crippen molar-refractivity contribution in [2.24, 2.45) is 5.92 Å². The van der Waals surface area contributed by atoms with E-state index < -0.39 is 5.97 Å². The highest BCUT2D eigenvalue weighted by Crippen LogP contribution is 2.13. The second kappa shape index (κ2) is 7.90. The number of carbonyl (C=O) groups is 2. The van der Waals surface area contributed by atoms with Gasteiger partial charge in [0, 0.05) is 23.9 Å². The van der Waals surface area contributed by atoms with Gasteiger partial charge in [-0.2, -0.15) is 0 Å². The average molecular weight is 298 g/mol. The van der Waals surface area contributed by atoms with Gasteiger partial charge in [-0.25, -0.2) is 0 Å². The molecule has 1 amide bonds. The van der Waals surface area contributed by atoms with E-state index in [4.69, 9.17) is 16.7 Å². The van der Waals surface area contributed by atoms with Gasteiger partial charge >= 0.3 is 5.97 Å². The molecule has 0 radical (unpaired) electrons. The minimum atomic E-state index is -0.878. The van der Waals surface area contributed by atoms with Gasteiger partial charge in [-0.1, -0.05) is 30.7 Å². The van der Waals surface area contributed by atoms with Crippen LogP contribution < -0.4 is 5.32 Å². The summed E-state index contributed by atoms with van der Waals surface area (Å²) >= 11 is 5.91. The minimum absolute atomic E-state index is 0.0100. The molecular formula is C15H20ClNO3. The van der Waals surface area contributed by atoms with Crippen LogP contribution in [-0.4, -0.2) is 23.0 Å². The molecule has 1 aromatic rings. The van der Waals surface area contributed by atoms with Gasteiger partial charge in [0.05, 0.1) is 0 Å². The largest absolute Gasteiger partial charge is 0.481 e. The summed E-state index contributed by atoms with van der Waals surface area (Å²) in [6, 6.07) is 7.50. The van der Waals surface area contributed by atoms with Crippen LogP contribution in [0, 0.1) is 5.92 Å². The summed E-state index contributed by atoms with van der Waals surface area (Å²) in [7, 11) is 0. The monoisotopic (exact) mass is 297 g/mol. The number of amides is 1. The van der Waals surface area contributed by atoms with Crippen LogP contribution in [-0.2, 0) is 16.0 Å². The molecule has 0 bridgehead atoms. The Kier molecular flexibility index (Phi) is 6.52. The number of benzene rings is 1. The smallest absolute Gasteiger partial charge is 0.303 e. The Balaban J connectivity index is 2.40. The third kappa shape index (κ3) is 6.57. The first kappa shape index (κ1) is 16.5. The second-order valence-electron chi connectivity index (χ2n) is 5.21. The lowest BCUT2D eigenvalue weighted by Gasteiger charge is -2.16. The van der Waals surface area contributed by atoms with Crippen LogP contribution in [0.5, 0.6) is 0 Å². The average Bonchev–Trinajstić information content (AvgIpc) is 2.26. The third-order valence-electron chi connectivity index (χ3n) is 2.90. The standard InChI is InChI=1S/C15H20ClNO3/c1-10(7-15(19)20)6-14(18)17-11(2)8-12-4-3-5-13(16)9-12/h3-5,9-11H,6-8H2,1-2H3,(H,17,18)(H,19,20). The van der Waals surface area contributed by atoms with Crippen LogP contribution >= 0.6 is 11.6 Å². The van der Waals surface area contributed by atoms with Gasteiger partial charge in [0.2, 0.25) is 5.91 Å². The number of hydrogen-bond donors (Lipinski definition) is 2. The molecule has 0 saturated heterocycles. The zero-order valence-corrected chi connectivity index (χ0v) is 12.5. The molecule has 0 aliphatic rings. The van der Waals surface area contributed by atoms with Crippen LogP contribution in [0.3, 0.4) is 0 Å². The summed E-state index contributed by atoms with van der Waals surface area (Å²) in [5.41, 5.74) is 1.06. The lowest BCUT2D eigenvalue weighted by atomic mass is 10.0. The highest BCUT2D eigenvalue weighted by Gasteiger charge is 2.14. The molecule has 1 aromatic carbocycles. The molecule has 2 unspecified atom stereocenters. The maximum absolute atomic E-state index is 11.8. The fourth-order valence-corrected chi connectivity index (χ4v) is 2.30. The summed E-state index contributed by atoms with van der Waals surface area (Å²) in [5.74, 6) is -1.16. The zero-order chi connectivity index (χ0) is 15.1. The Hall–Kier alpha value is -1.55. The van der Waals surface area contributed by atoms with E-state index in [1.807, 2.05) is 31.2 Å². The molecule has 0 saturated carbocycles. The molecular weight excluding hydrogens is 278 g/mol. The van der Waals surface area contributed by atoms with Gasteiger partial charge in [-0.05, 0) is 37.0 Å². The van der Waals surface area contributed by atoms with Crippen molar-refractivity contribution >= 4 is 23.5 Å². The maximum atomic E-state index is 11.8. The fraction of sp³-hybridized carbons (Fsp3) is 0.467. The summed E-state index contributed by atoms with van der Waals surface area (Å²) in [6.07, 6.45) is 0.932. The SMILES string of the molecule is CC(CC(=O)O)CC(=O)NC(C)Cc1cccc(Cl)c1. The van der Waals surface area contributed by atoms with Crippen molar-refractivity contribution in [3.05, 3.63) is 34.9 Å². The second-order valence-corrected chi connectivity index (χ2v) is 5.65. The van der Waals surface area contributed by atoms with Crippen molar-refractivity contribution in [1.29, 1.82) is 0 Å². The van der Waals surface area contributed by atoms with E-state index in [0.717, 1.165) is 5.56 Å². The van der Waals surface area contributed by atoms with Crippen LogP contribution in [0.1, 0.15) is 32.3 Å². The van der Waals surface area contributed by atoms with Gasteiger partial charge in [-0.15, -0.1) is 0 Å². The zero-order valence-electron chi connectivity index (χ0n) is 11.7. The van der Waals surface area contributed by atoms with Crippen molar-refractivity contribution in [3.63, 3.8) is 0 Å². The van der Waals surface area contributed by atoms with Crippen molar-refractivity contribution in [3.8, 4) is 0 Å². The normalized spacial score (nSPS) is 13.6. The number of nitrogens with one attached hydrogen (secondary N) is 1. The Morgan fingerprint density at radius 1 is 1.30 bits per heavy atom. The Bertz CT molecular complexity index is 476. The van der Waals surface area contributed by atoms with Crippen molar-refractivity contribution in [2.45, 2.75) is 39.2 Å². The maximum Gasteiger partial charge on any atom is 0.303 e. The lowest BCUT2D eigenvalue weighted by molar-refractivity contribution is -0.138. The van der Waals surface area contributed by atoms with E-state index in [2.05, 4.69) is 5.32 Å². The molecule has 2 atom stereocenters. The van der Waals surface area contributed by atoms with E-state index in [0.29, 0.717) is 11.4 Å². The summed E-state index contributed by atoms with van der Waals surface area (Å²) in [5, 5.41) is 12.2. The molecule has 1 rings (SSSR count). The number of carboxylic acid groups (broad SMARTS) is 1. The molecule has 4 nitrogen and oxygen atoms in total. The Morgan fingerprint density at radius 2 is 2.00 bits per heavy atom. The lowest BCUT2D eigenvalue weighted by Crippen LogP contribution is -2.35. The first-order valence-corrected chi connectivity index (χ1v) is 7.00. The quantitative estimate of drug-likeness (QED) is 0.813. The third-order valence-corrected chi connectivity index (χ3v) is 3.13. The van der Waals surface area contributed by atoms with Gasteiger partial charge in [0.1, 0.15) is 0 Å². The number of carbonyl (C=O) groups excluding carboxylic acids is 1. The fourth-order valence-electron chi connectivity index (χ4n) is 2.09. The molecule has 0 heterocycles. The number of carboxylic acids is 1. The van der Waals surface area contributed by atoms with Crippen LogP contribution in [0.25, 0.3) is 0 Å². The van der Waals surface area contributed by atoms with E-state index in [-0.39, 0.29) is 30.7 Å². The van der Waals surface area contributed by atoms with E-state index in [1.165, 1.54) is 0 Å².